The molecule has 4 amide bonds. The first-order valence-corrected chi connectivity index (χ1v) is 12.9. The first kappa shape index (κ1) is 27.2. The van der Waals surface area contributed by atoms with Crippen LogP contribution in [0, 0.1) is 17.8 Å². The molecule has 1 aliphatic carbocycles. The van der Waals surface area contributed by atoms with E-state index in [1.165, 1.54) is 9.80 Å². The van der Waals surface area contributed by atoms with Crippen LogP contribution in [0.4, 0.5) is 0 Å². The molecule has 190 valence electrons. The molecule has 1 heterocycles. The van der Waals surface area contributed by atoms with Gasteiger partial charge in [0.05, 0.1) is 11.8 Å². The summed E-state index contributed by atoms with van der Waals surface area (Å²) in [5.41, 5.74) is 0.546. The molecule has 0 radical (unpaired) electrons. The number of allylic oxidation sites excluding steroid dienone is 2. The van der Waals surface area contributed by atoms with Gasteiger partial charge < -0.3 is 10.2 Å². The second-order valence-corrected chi connectivity index (χ2v) is 10.3. The summed E-state index contributed by atoms with van der Waals surface area (Å²) >= 11 is 12.7. The molecule has 3 atom stereocenters. The lowest BCUT2D eigenvalue weighted by Gasteiger charge is -2.32. The minimum absolute atomic E-state index is 0.0136. The highest BCUT2D eigenvalue weighted by Crippen LogP contribution is 2.35. The van der Waals surface area contributed by atoms with Crippen molar-refractivity contribution in [3.8, 4) is 0 Å². The van der Waals surface area contributed by atoms with Crippen molar-refractivity contribution in [3.63, 3.8) is 0 Å². The number of benzene rings is 1. The van der Waals surface area contributed by atoms with Gasteiger partial charge in [0, 0.05) is 41.7 Å². The Labute approximate surface area is 216 Å². The SMILES string of the molecule is CC[C@@H](C(=O)NCC(C)C)N(Cc1c(Cl)cccc1Cl)C(=O)CCN1C(=O)[C@H]2CC=CC[C@H]2C1=O. The smallest absolute Gasteiger partial charge is 0.242 e. The largest absolute Gasteiger partial charge is 0.354 e. The molecule has 35 heavy (non-hydrogen) atoms. The van der Waals surface area contributed by atoms with Gasteiger partial charge in [-0.2, -0.15) is 0 Å². The maximum atomic E-state index is 13.5. The number of nitrogens with one attached hydrogen (secondary N) is 1. The predicted octanol–water partition coefficient (Wildman–Crippen LogP) is 4.21. The maximum absolute atomic E-state index is 13.5. The van der Waals surface area contributed by atoms with Crippen LogP contribution in [0.2, 0.25) is 10.0 Å². The zero-order chi connectivity index (χ0) is 25.7. The van der Waals surface area contributed by atoms with Crippen LogP contribution >= 0.6 is 23.2 Å². The number of likely N-dealkylation sites (tertiary alicyclic amines) is 1. The number of nitrogens with zero attached hydrogens (tertiary/aromatic N) is 2. The topological polar surface area (TPSA) is 86.8 Å². The van der Waals surface area contributed by atoms with Gasteiger partial charge >= 0.3 is 0 Å². The summed E-state index contributed by atoms with van der Waals surface area (Å²) < 4.78 is 0. The average molecular weight is 522 g/mol. The second kappa shape index (κ2) is 12.0. The number of carbonyl (C=O) groups excluding carboxylic acids is 4. The Morgan fingerprint density at radius 1 is 1.09 bits per heavy atom. The van der Waals surface area contributed by atoms with Crippen molar-refractivity contribution in [2.75, 3.05) is 13.1 Å². The summed E-state index contributed by atoms with van der Waals surface area (Å²) in [4.78, 5) is 54.8. The lowest BCUT2D eigenvalue weighted by Crippen LogP contribution is -2.50. The molecule has 1 fully saturated rings. The van der Waals surface area contributed by atoms with Gasteiger partial charge in [-0.15, -0.1) is 0 Å². The van der Waals surface area contributed by atoms with Crippen LogP contribution in [-0.2, 0) is 25.7 Å². The van der Waals surface area contributed by atoms with E-state index in [0.29, 0.717) is 41.4 Å². The van der Waals surface area contributed by atoms with Crippen molar-refractivity contribution >= 4 is 46.8 Å². The molecule has 0 bridgehead atoms. The Morgan fingerprint density at radius 2 is 1.66 bits per heavy atom. The Kier molecular flexibility index (Phi) is 9.36. The van der Waals surface area contributed by atoms with E-state index in [2.05, 4.69) is 5.32 Å². The van der Waals surface area contributed by atoms with Gasteiger partial charge in [0.2, 0.25) is 23.6 Å². The van der Waals surface area contributed by atoms with E-state index in [1.54, 1.807) is 18.2 Å². The van der Waals surface area contributed by atoms with E-state index in [0.717, 1.165) is 0 Å². The van der Waals surface area contributed by atoms with Crippen molar-refractivity contribution in [3.05, 3.63) is 46.0 Å². The van der Waals surface area contributed by atoms with Crippen LogP contribution in [0.5, 0.6) is 0 Å². The van der Waals surface area contributed by atoms with E-state index >= 15 is 0 Å². The van der Waals surface area contributed by atoms with E-state index in [-0.39, 0.29) is 60.9 Å². The molecular formula is C26H33Cl2N3O4. The highest BCUT2D eigenvalue weighted by molar-refractivity contribution is 6.36. The normalized spacial score (nSPS) is 20.2. The first-order valence-electron chi connectivity index (χ1n) is 12.2. The minimum Gasteiger partial charge on any atom is -0.354 e. The lowest BCUT2D eigenvalue weighted by molar-refractivity contribution is -0.144. The van der Waals surface area contributed by atoms with Crippen molar-refractivity contribution < 1.29 is 19.2 Å². The number of carbonyl (C=O) groups is 4. The number of halogens is 2. The predicted molar refractivity (Wildman–Crippen MR) is 136 cm³/mol. The molecule has 7 nitrogen and oxygen atoms in total. The number of imide groups is 1. The molecule has 0 unspecified atom stereocenters. The number of hydrogen-bond donors (Lipinski definition) is 1. The fourth-order valence-electron chi connectivity index (χ4n) is 4.64. The third-order valence-corrected chi connectivity index (χ3v) is 7.32. The lowest BCUT2D eigenvalue weighted by atomic mass is 9.85. The van der Waals surface area contributed by atoms with Crippen LogP contribution in [-0.4, -0.2) is 52.6 Å². The summed E-state index contributed by atoms with van der Waals surface area (Å²) in [6.45, 7) is 6.33. The number of rotatable bonds is 10. The quantitative estimate of drug-likeness (QED) is 0.369. The van der Waals surface area contributed by atoms with Crippen LogP contribution in [0.3, 0.4) is 0 Å². The number of amides is 4. The highest BCUT2D eigenvalue weighted by Gasteiger charge is 2.47. The Morgan fingerprint density at radius 3 is 2.17 bits per heavy atom. The molecular weight excluding hydrogens is 489 g/mol. The zero-order valence-corrected chi connectivity index (χ0v) is 21.9. The zero-order valence-electron chi connectivity index (χ0n) is 20.4. The molecule has 0 aromatic heterocycles. The van der Waals surface area contributed by atoms with Gasteiger partial charge in [0.25, 0.3) is 0 Å². The Balaban J connectivity index is 1.79. The molecule has 3 rings (SSSR count). The van der Waals surface area contributed by atoms with Gasteiger partial charge in [-0.05, 0) is 37.3 Å². The molecule has 0 saturated carbocycles. The number of hydrogen-bond acceptors (Lipinski definition) is 4. The monoisotopic (exact) mass is 521 g/mol. The fraction of sp³-hybridized carbons (Fsp3) is 0.538. The Bertz CT molecular complexity index is 964. The van der Waals surface area contributed by atoms with Crippen molar-refractivity contribution in [1.29, 1.82) is 0 Å². The van der Waals surface area contributed by atoms with Crippen LogP contribution in [0.25, 0.3) is 0 Å². The summed E-state index contributed by atoms with van der Waals surface area (Å²) in [6, 6.07) is 4.34. The molecule has 1 aliphatic heterocycles. The molecule has 1 N–H and O–H groups in total. The molecule has 0 spiro atoms. The van der Waals surface area contributed by atoms with Crippen molar-refractivity contribution in [2.45, 2.75) is 59.0 Å². The summed E-state index contributed by atoms with van der Waals surface area (Å²) in [7, 11) is 0. The molecule has 1 aromatic carbocycles. The van der Waals surface area contributed by atoms with Gasteiger partial charge in [0.1, 0.15) is 6.04 Å². The van der Waals surface area contributed by atoms with Gasteiger partial charge in [-0.25, -0.2) is 0 Å². The van der Waals surface area contributed by atoms with Crippen molar-refractivity contribution in [1.82, 2.24) is 15.1 Å². The molecule has 9 heteroatoms. The van der Waals surface area contributed by atoms with Crippen LogP contribution in [0.15, 0.2) is 30.4 Å². The fourth-order valence-corrected chi connectivity index (χ4v) is 5.15. The van der Waals surface area contributed by atoms with E-state index in [9.17, 15) is 19.2 Å². The van der Waals surface area contributed by atoms with Gasteiger partial charge in [-0.3, -0.25) is 24.1 Å². The maximum Gasteiger partial charge on any atom is 0.242 e. The van der Waals surface area contributed by atoms with Crippen molar-refractivity contribution in [2.24, 2.45) is 17.8 Å². The van der Waals surface area contributed by atoms with E-state index in [4.69, 9.17) is 23.2 Å². The van der Waals surface area contributed by atoms with Crippen LogP contribution < -0.4 is 5.32 Å². The van der Waals surface area contributed by atoms with Gasteiger partial charge in [0.15, 0.2) is 0 Å². The average Bonchev–Trinajstić information content (AvgIpc) is 3.07. The third kappa shape index (κ3) is 6.25. The molecule has 2 aliphatic rings. The molecule has 1 saturated heterocycles. The first-order chi connectivity index (χ1) is 16.6. The minimum atomic E-state index is -0.745. The van der Waals surface area contributed by atoms with E-state index in [1.807, 2.05) is 32.9 Å². The standard InChI is InChI=1S/C26H33Cl2N3O4/c1-4-22(24(33)29-14-16(2)3)31(15-19-20(27)10-7-11-21(19)28)23(32)12-13-30-25(34)17-8-5-6-9-18(17)26(30)35/h5-7,10-11,16-18,22H,4,8-9,12-15H2,1-3H3,(H,29,33)/t17-,18+,22-/m0/s1. The second-order valence-electron chi connectivity index (χ2n) is 9.52. The summed E-state index contributed by atoms with van der Waals surface area (Å²) in [5.74, 6) is -1.48. The highest BCUT2D eigenvalue weighted by atomic mass is 35.5. The van der Waals surface area contributed by atoms with E-state index < -0.39 is 6.04 Å². The third-order valence-electron chi connectivity index (χ3n) is 6.61. The summed E-state index contributed by atoms with van der Waals surface area (Å²) in [5, 5.41) is 3.70. The Hall–Kier alpha value is -2.38. The van der Waals surface area contributed by atoms with Gasteiger partial charge in [-0.1, -0.05) is 62.2 Å². The molecule has 1 aromatic rings. The van der Waals surface area contributed by atoms with Crippen LogP contribution in [0.1, 0.15) is 52.0 Å². The number of fused-ring (bicyclic) bond motifs is 1. The summed E-state index contributed by atoms with van der Waals surface area (Å²) in [6.07, 6.45) is 5.25.